The number of nitrogens with zero attached hydrogens (tertiary/aromatic N) is 3. The summed E-state index contributed by atoms with van der Waals surface area (Å²) in [5, 5.41) is 3.67. The molecule has 6 nitrogen and oxygen atoms in total. The van der Waals surface area contributed by atoms with Gasteiger partial charge in [-0.25, -0.2) is 4.98 Å². The van der Waals surface area contributed by atoms with E-state index in [2.05, 4.69) is 15.2 Å². The van der Waals surface area contributed by atoms with Crippen molar-refractivity contribution in [2.45, 2.75) is 19.4 Å². The number of carbonyl (C=O) groups excluding carboxylic acids is 1. The van der Waals surface area contributed by atoms with Crippen molar-refractivity contribution < 1.29 is 9.53 Å². The topological polar surface area (TPSA) is 58.9 Å². The molecular formula is C21H25ClN4O2. The number of aromatic nitrogens is 2. The number of pyridine rings is 1. The van der Waals surface area contributed by atoms with Crippen LogP contribution in [-0.2, 0) is 6.42 Å². The molecule has 2 heterocycles. The molecule has 0 fully saturated rings. The molecule has 0 spiro atoms. The standard InChI is InChI=1S/C21H25ClN4O2/c1-5-17-20(26-11-10-15(22)12-19(26)24-17)21(27)23-13-18(25(2)3)14-6-8-16(28-4)9-7-14/h6-12,18H,5,13H2,1-4H3,(H,23,27). The number of hydrogen-bond acceptors (Lipinski definition) is 4. The van der Waals surface area contributed by atoms with Crippen molar-refractivity contribution >= 4 is 23.2 Å². The van der Waals surface area contributed by atoms with Gasteiger partial charge in [-0.05, 0) is 44.3 Å². The van der Waals surface area contributed by atoms with Crippen LogP contribution in [0.15, 0.2) is 42.6 Å². The number of rotatable bonds is 7. The van der Waals surface area contributed by atoms with Crippen molar-refractivity contribution in [3.63, 3.8) is 0 Å². The van der Waals surface area contributed by atoms with Gasteiger partial charge in [-0.1, -0.05) is 30.7 Å². The van der Waals surface area contributed by atoms with Crippen LogP contribution in [0.5, 0.6) is 5.75 Å². The van der Waals surface area contributed by atoms with Crippen LogP contribution in [0.25, 0.3) is 5.65 Å². The molecule has 1 aromatic carbocycles. The Morgan fingerprint density at radius 1 is 1.29 bits per heavy atom. The Kier molecular flexibility index (Phi) is 6.21. The molecule has 3 rings (SSSR count). The van der Waals surface area contributed by atoms with Crippen molar-refractivity contribution in [2.75, 3.05) is 27.7 Å². The number of aryl methyl sites for hydroxylation is 1. The Morgan fingerprint density at radius 3 is 2.61 bits per heavy atom. The lowest BCUT2D eigenvalue weighted by atomic mass is 10.1. The minimum absolute atomic E-state index is 0.0357. The fourth-order valence-electron chi connectivity index (χ4n) is 3.25. The Morgan fingerprint density at radius 2 is 2.00 bits per heavy atom. The summed E-state index contributed by atoms with van der Waals surface area (Å²) >= 11 is 6.06. The third-order valence-corrected chi connectivity index (χ3v) is 5.03. The highest BCUT2D eigenvalue weighted by Crippen LogP contribution is 2.22. The number of carbonyl (C=O) groups is 1. The van der Waals surface area contributed by atoms with Gasteiger partial charge in [0.25, 0.3) is 5.91 Å². The fourth-order valence-corrected chi connectivity index (χ4v) is 3.41. The number of fused-ring (bicyclic) bond motifs is 1. The third-order valence-electron chi connectivity index (χ3n) is 4.79. The predicted octanol–water partition coefficient (Wildman–Crippen LogP) is 3.59. The lowest BCUT2D eigenvalue weighted by Gasteiger charge is -2.25. The maximum atomic E-state index is 13.0. The summed E-state index contributed by atoms with van der Waals surface area (Å²) in [4.78, 5) is 19.6. The summed E-state index contributed by atoms with van der Waals surface area (Å²) in [6, 6.07) is 11.4. The van der Waals surface area contributed by atoms with Crippen molar-refractivity contribution in [1.29, 1.82) is 0 Å². The number of hydrogen-bond donors (Lipinski definition) is 1. The number of benzene rings is 1. The van der Waals surface area contributed by atoms with E-state index in [1.807, 2.05) is 45.3 Å². The number of likely N-dealkylation sites (N-methyl/N-ethyl adjacent to an activating group) is 1. The molecule has 148 valence electrons. The van der Waals surface area contributed by atoms with Crippen LogP contribution < -0.4 is 10.1 Å². The SMILES string of the molecule is CCc1nc2cc(Cl)ccn2c1C(=O)NCC(c1ccc(OC)cc1)N(C)C. The summed E-state index contributed by atoms with van der Waals surface area (Å²) < 4.78 is 7.02. The summed E-state index contributed by atoms with van der Waals surface area (Å²) in [5.74, 6) is 0.661. The second-order valence-corrected chi connectivity index (χ2v) is 7.23. The molecule has 0 aliphatic rings. The average Bonchev–Trinajstić information content (AvgIpc) is 3.05. The first-order valence-corrected chi connectivity index (χ1v) is 9.57. The monoisotopic (exact) mass is 400 g/mol. The van der Waals surface area contributed by atoms with Crippen LogP contribution in [0, 0.1) is 0 Å². The molecule has 1 N–H and O–H groups in total. The van der Waals surface area contributed by atoms with E-state index >= 15 is 0 Å². The second-order valence-electron chi connectivity index (χ2n) is 6.80. The third kappa shape index (κ3) is 4.13. The van der Waals surface area contributed by atoms with Gasteiger partial charge in [0.2, 0.25) is 0 Å². The molecule has 3 aromatic rings. The molecule has 0 saturated carbocycles. The van der Waals surface area contributed by atoms with Gasteiger partial charge in [-0.3, -0.25) is 9.20 Å². The van der Waals surface area contributed by atoms with E-state index in [0.717, 1.165) is 17.0 Å². The zero-order valence-corrected chi connectivity index (χ0v) is 17.3. The molecule has 0 bridgehead atoms. The van der Waals surface area contributed by atoms with Crippen LogP contribution in [0.4, 0.5) is 0 Å². The quantitative estimate of drug-likeness (QED) is 0.658. The Hall–Kier alpha value is -2.57. The molecule has 0 radical (unpaired) electrons. The fraction of sp³-hybridized carbons (Fsp3) is 0.333. The van der Waals surface area contributed by atoms with Gasteiger partial charge in [-0.2, -0.15) is 0 Å². The molecule has 7 heteroatoms. The zero-order valence-electron chi connectivity index (χ0n) is 16.6. The maximum absolute atomic E-state index is 13.0. The van der Waals surface area contributed by atoms with Crippen molar-refractivity contribution in [3.05, 3.63) is 64.6 Å². The number of ether oxygens (including phenoxy) is 1. The second kappa shape index (κ2) is 8.63. The summed E-state index contributed by atoms with van der Waals surface area (Å²) in [5.41, 5.74) is 3.09. The number of methoxy groups -OCH3 is 1. The van der Waals surface area contributed by atoms with Gasteiger partial charge in [0.1, 0.15) is 17.1 Å². The van der Waals surface area contributed by atoms with Gasteiger partial charge < -0.3 is 15.0 Å². The Balaban J connectivity index is 1.82. The molecule has 1 amide bonds. The molecular weight excluding hydrogens is 376 g/mol. The number of halogens is 1. The summed E-state index contributed by atoms with van der Waals surface area (Å²) in [7, 11) is 5.64. The summed E-state index contributed by atoms with van der Waals surface area (Å²) in [6.45, 7) is 2.46. The Bertz CT molecular complexity index is 966. The average molecular weight is 401 g/mol. The highest BCUT2D eigenvalue weighted by Gasteiger charge is 2.21. The normalized spacial score (nSPS) is 12.4. The van der Waals surface area contributed by atoms with Crippen molar-refractivity contribution in [1.82, 2.24) is 19.6 Å². The van der Waals surface area contributed by atoms with Gasteiger partial charge in [0, 0.05) is 23.8 Å². The first kappa shape index (κ1) is 20.2. The largest absolute Gasteiger partial charge is 0.497 e. The van der Waals surface area contributed by atoms with Crippen LogP contribution >= 0.6 is 11.6 Å². The lowest BCUT2D eigenvalue weighted by Crippen LogP contribution is -2.35. The van der Waals surface area contributed by atoms with E-state index in [1.54, 1.807) is 29.8 Å². The lowest BCUT2D eigenvalue weighted by molar-refractivity contribution is 0.0935. The molecule has 0 aliphatic heterocycles. The predicted molar refractivity (Wildman–Crippen MR) is 111 cm³/mol. The minimum Gasteiger partial charge on any atom is -0.497 e. The first-order valence-electron chi connectivity index (χ1n) is 9.19. The van der Waals surface area contributed by atoms with Gasteiger partial charge in [-0.15, -0.1) is 0 Å². The van der Waals surface area contributed by atoms with Gasteiger partial charge >= 0.3 is 0 Å². The number of amides is 1. The molecule has 2 aromatic heterocycles. The zero-order chi connectivity index (χ0) is 20.3. The van der Waals surface area contributed by atoms with Crippen LogP contribution in [0.1, 0.15) is 34.7 Å². The van der Waals surface area contributed by atoms with E-state index in [-0.39, 0.29) is 11.9 Å². The number of nitrogens with one attached hydrogen (secondary N) is 1. The van der Waals surface area contributed by atoms with E-state index in [9.17, 15) is 4.79 Å². The van der Waals surface area contributed by atoms with E-state index in [4.69, 9.17) is 16.3 Å². The molecule has 0 saturated heterocycles. The Labute approximate surface area is 170 Å². The minimum atomic E-state index is -0.146. The van der Waals surface area contributed by atoms with Crippen molar-refractivity contribution in [3.8, 4) is 5.75 Å². The van der Waals surface area contributed by atoms with Crippen molar-refractivity contribution in [2.24, 2.45) is 0 Å². The maximum Gasteiger partial charge on any atom is 0.270 e. The highest BCUT2D eigenvalue weighted by molar-refractivity contribution is 6.30. The molecule has 28 heavy (non-hydrogen) atoms. The first-order chi connectivity index (χ1) is 13.4. The van der Waals surface area contributed by atoms with E-state index < -0.39 is 0 Å². The van der Waals surface area contributed by atoms with Crippen LogP contribution in [0.2, 0.25) is 5.02 Å². The van der Waals surface area contributed by atoms with Gasteiger partial charge in [0.05, 0.1) is 18.8 Å². The smallest absolute Gasteiger partial charge is 0.270 e. The molecule has 1 atom stereocenters. The van der Waals surface area contributed by atoms with Gasteiger partial charge in [0.15, 0.2) is 0 Å². The molecule has 1 unspecified atom stereocenters. The van der Waals surface area contributed by atoms with Crippen LogP contribution in [-0.4, -0.2) is 47.9 Å². The van der Waals surface area contributed by atoms with E-state index in [0.29, 0.717) is 29.3 Å². The van der Waals surface area contributed by atoms with Crippen LogP contribution in [0.3, 0.4) is 0 Å². The summed E-state index contributed by atoms with van der Waals surface area (Å²) in [6.07, 6.45) is 2.45. The number of imidazole rings is 1. The van der Waals surface area contributed by atoms with E-state index in [1.165, 1.54) is 0 Å². The molecule has 0 aliphatic carbocycles. The highest BCUT2D eigenvalue weighted by atomic mass is 35.5.